The fourth-order valence-electron chi connectivity index (χ4n) is 2.78. The number of hydrogen-bond acceptors (Lipinski definition) is 7. The van der Waals surface area contributed by atoms with E-state index in [0.29, 0.717) is 27.9 Å². The minimum Gasteiger partial charge on any atom is -0.497 e. The van der Waals surface area contributed by atoms with Gasteiger partial charge < -0.3 is 14.2 Å². The van der Waals surface area contributed by atoms with Crippen LogP contribution in [0.5, 0.6) is 11.5 Å². The molecule has 1 aliphatic rings. The first-order valence-corrected chi connectivity index (χ1v) is 11.1. The van der Waals surface area contributed by atoms with Gasteiger partial charge in [-0.15, -0.1) is 0 Å². The van der Waals surface area contributed by atoms with Crippen molar-refractivity contribution in [3.8, 4) is 11.5 Å². The minimum absolute atomic E-state index is 0.164. The summed E-state index contributed by atoms with van der Waals surface area (Å²) in [5.74, 6) is 0.177. The van der Waals surface area contributed by atoms with E-state index in [-0.39, 0.29) is 28.3 Å². The van der Waals surface area contributed by atoms with E-state index < -0.39 is 5.97 Å². The third kappa shape index (κ3) is 5.56. The number of hydrogen-bond donors (Lipinski definition) is 0. The first-order chi connectivity index (χ1) is 15.4. The Morgan fingerprint density at radius 3 is 2.38 bits per heavy atom. The van der Waals surface area contributed by atoms with Crippen molar-refractivity contribution >= 4 is 63.8 Å². The molecule has 0 aliphatic carbocycles. The molecule has 0 saturated carbocycles. The first kappa shape index (κ1) is 24.0. The smallest absolute Gasteiger partial charge is 0.343 e. The summed E-state index contributed by atoms with van der Waals surface area (Å²) in [6.07, 6.45) is 1.69. The molecule has 0 N–H and O–H groups in total. The number of amides is 1. The molecule has 0 unspecified atom stereocenters. The van der Waals surface area contributed by atoms with Gasteiger partial charge in [-0.3, -0.25) is 9.69 Å². The number of likely N-dealkylation sites (N-methyl/N-ethyl adjacent to an activating group) is 1. The van der Waals surface area contributed by atoms with Crippen molar-refractivity contribution in [3.05, 3.63) is 56.9 Å². The standard InChI is InChI=1S/C22H20Cl2N2O5S/c1-4-26-21(28)18(32-22(26)25-14-5-7-15(29-2)8-6-14)11-13-9-16(23)20(17(24)10-13)31-12-19(27)30-3/h5-11H,4,12H2,1-3H3/b18-11+,25-22?. The monoisotopic (exact) mass is 494 g/mol. The summed E-state index contributed by atoms with van der Waals surface area (Å²) < 4.78 is 15.0. The summed E-state index contributed by atoms with van der Waals surface area (Å²) in [6.45, 7) is 2.04. The molecule has 1 heterocycles. The van der Waals surface area contributed by atoms with Gasteiger partial charge in [0.05, 0.1) is 34.9 Å². The van der Waals surface area contributed by atoms with E-state index in [0.717, 1.165) is 5.75 Å². The fraction of sp³-hybridized carbons (Fsp3) is 0.227. The van der Waals surface area contributed by atoms with E-state index in [1.165, 1.54) is 18.9 Å². The van der Waals surface area contributed by atoms with Gasteiger partial charge in [0.15, 0.2) is 17.5 Å². The molecule has 1 saturated heterocycles. The van der Waals surface area contributed by atoms with E-state index >= 15 is 0 Å². The van der Waals surface area contributed by atoms with Crippen LogP contribution in [0.2, 0.25) is 10.0 Å². The van der Waals surface area contributed by atoms with Gasteiger partial charge in [0, 0.05) is 6.54 Å². The summed E-state index contributed by atoms with van der Waals surface area (Å²) in [6, 6.07) is 10.5. The Balaban J connectivity index is 1.85. The number of ether oxygens (including phenoxy) is 3. The molecule has 0 spiro atoms. The van der Waals surface area contributed by atoms with Crippen molar-refractivity contribution in [1.29, 1.82) is 0 Å². The molecule has 10 heteroatoms. The Morgan fingerprint density at radius 2 is 1.81 bits per heavy atom. The SMILES string of the molecule is CCN1C(=O)/C(=C\c2cc(Cl)c(OCC(=O)OC)c(Cl)c2)SC1=Nc1ccc(OC)cc1. The molecule has 1 amide bonds. The summed E-state index contributed by atoms with van der Waals surface area (Å²) in [5.41, 5.74) is 1.32. The molecule has 2 aromatic rings. The van der Waals surface area contributed by atoms with Crippen molar-refractivity contribution < 1.29 is 23.8 Å². The van der Waals surface area contributed by atoms with Gasteiger partial charge in [0.2, 0.25) is 0 Å². The van der Waals surface area contributed by atoms with Gasteiger partial charge in [-0.1, -0.05) is 23.2 Å². The van der Waals surface area contributed by atoms with Gasteiger partial charge in [-0.2, -0.15) is 0 Å². The summed E-state index contributed by atoms with van der Waals surface area (Å²) in [5, 5.41) is 0.996. The molecular weight excluding hydrogens is 475 g/mol. The third-order valence-corrected chi connectivity index (χ3v) is 5.95. The molecule has 2 aromatic carbocycles. The highest BCUT2D eigenvalue weighted by molar-refractivity contribution is 8.18. The number of methoxy groups -OCH3 is 2. The molecular formula is C22H20Cl2N2O5S. The van der Waals surface area contributed by atoms with Crippen LogP contribution < -0.4 is 9.47 Å². The Morgan fingerprint density at radius 1 is 1.16 bits per heavy atom. The molecule has 0 radical (unpaired) electrons. The lowest BCUT2D eigenvalue weighted by molar-refractivity contribution is -0.142. The molecule has 0 bridgehead atoms. The maximum absolute atomic E-state index is 12.9. The van der Waals surface area contributed by atoms with Crippen LogP contribution in [0.1, 0.15) is 12.5 Å². The number of thioether (sulfide) groups is 1. The van der Waals surface area contributed by atoms with Crippen LogP contribution in [0, 0.1) is 0 Å². The van der Waals surface area contributed by atoms with E-state index in [2.05, 4.69) is 9.73 Å². The highest BCUT2D eigenvalue weighted by Crippen LogP contribution is 2.38. The van der Waals surface area contributed by atoms with Crippen molar-refractivity contribution in [2.75, 3.05) is 27.4 Å². The number of aliphatic imine (C=N–C) groups is 1. The quantitative estimate of drug-likeness (QED) is 0.389. The van der Waals surface area contributed by atoms with Crippen LogP contribution in [-0.4, -0.2) is 49.3 Å². The lowest BCUT2D eigenvalue weighted by Gasteiger charge is -2.12. The number of nitrogens with zero attached hydrogens (tertiary/aromatic N) is 2. The van der Waals surface area contributed by atoms with E-state index in [4.69, 9.17) is 32.7 Å². The second kappa shape index (κ2) is 10.8. The second-order valence-electron chi connectivity index (χ2n) is 6.43. The van der Waals surface area contributed by atoms with Gasteiger partial charge in [-0.05, 0) is 66.7 Å². The molecule has 32 heavy (non-hydrogen) atoms. The van der Waals surface area contributed by atoms with Crippen molar-refractivity contribution in [3.63, 3.8) is 0 Å². The predicted molar refractivity (Wildman–Crippen MR) is 127 cm³/mol. The van der Waals surface area contributed by atoms with Gasteiger partial charge in [0.1, 0.15) is 5.75 Å². The highest BCUT2D eigenvalue weighted by Gasteiger charge is 2.32. The van der Waals surface area contributed by atoms with Gasteiger partial charge >= 0.3 is 5.97 Å². The van der Waals surface area contributed by atoms with Crippen LogP contribution >= 0.6 is 35.0 Å². The number of halogens is 2. The lowest BCUT2D eigenvalue weighted by Crippen LogP contribution is -2.28. The zero-order valence-electron chi connectivity index (χ0n) is 17.6. The summed E-state index contributed by atoms with van der Waals surface area (Å²) in [7, 11) is 2.85. The van der Waals surface area contributed by atoms with Crippen LogP contribution in [0.4, 0.5) is 5.69 Å². The fourth-order valence-corrected chi connectivity index (χ4v) is 4.46. The zero-order chi connectivity index (χ0) is 23.3. The van der Waals surface area contributed by atoms with Crippen LogP contribution in [0.25, 0.3) is 6.08 Å². The Hall–Kier alpha value is -2.68. The van der Waals surface area contributed by atoms with E-state index in [9.17, 15) is 9.59 Å². The third-order valence-electron chi connectivity index (χ3n) is 4.38. The highest BCUT2D eigenvalue weighted by atomic mass is 35.5. The Labute approximate surface area is 199 Å². The minimum atomic E-state index is -0.556. The van der Waals surface area contributed by atoms with Crippen LogP contribution in [0.15, 0.2) is 46.3 Å². The van der Waals surface area contributed by atoms with E-state index in [1.54, 1.807) is 30.2 Å². The molecule has 1 aliphatic heterocycles. The summed E-state index contributed by atoms with van der Waals surface area (Å²) >= 11 is 13.8. The molecule has 3 rings (SSSR count). The average molecular weight is 495 g/mol. The number of esters is 1. The second-order valence-corrected chi connectivity index (χ2v) is 8.25. The number of carbonyl (C=O) groups is 2. The zero-order valence-corrected chi connectivity index (χ0v) is 19.9. The largest absolute Gasteiger partial charge is 0.497 e. The lowest BCUT2D eigenvalue weighted by atomic mass is 10.2. The Bertz CT molecular complexity index is 1060. The number of rotatable bonds is 7. The van der Waals surface area contributed by atoms with Gasteiger partial charge in [-0.25, -0.2) is 9.79 Å². The average Bonchev–Trinajstić information content (AvgIpc) is 3.07. The topological polar surface area (TPSA) is 77.4 Å². The molecule has 7 nitrogen and oxygen atoms in total. The first-order valence-electron chi connectivity index (χ1n) is 9.49. The molecule has 168 valence electrons. The number of amidine groups is 1. The van der Waals surface area contributed by atoms with E-state index in [1.807, 2.05) is 31.2 Å². The summed E-state index contributed by atoms with van der Waals surface area (Å²) in [4.78, 5) is 30.8. The number of benzene rings is 2. The molecule has 0 atom stereocenters. The van der Waals surface area contributed by atoms with Crippen LogP contribution in [-0.2, 0) is 14.3 Å². The normalized spacial score (nSPS) is 16.0. The molecule has 1 fully saturated rings. The number of carbonyl (C=O) groups excluding carboxylic acids is 2. The van der Waals surface area contributed by atoms with Crippen molar-refractivity contribution in [2.45, 2.75) is 6.92 Å². The maximum atomic E-state index is 12.9. The molecule has 0 aromatic heterocycles. The van der Waals surface area contributed by atoms with Crippen molar-refractivity contribution in [1.82, 2.24) is 4.90 Å². The van der Waals surface area contributed by atoms with Crippen molar-refractivity contribution in [2.24, 2.45) is 4.99 Å². The predicted octanol–water partition coefficient (Wildman–Crippen LogP) is 5.18. The van der Waals surface area contributed by atoms with Crippen LogP contribution in [0.3, 0.4) is 0 Å². The maximum Gasteiger partial charge on any atom is 0.343 e. The van der Waals surface area contributed by atoms with Gasteiger partial charge in [0.25, 0.3) is 5.91 Å². The Kier molecular flexibility index (Phi) is 8.06.